The number of anilines is 2. The van der Waals surface area contributed by atoms with E-state index in [0.717, 1.165) is 5.56 Å². The van der Waals surface area contributed by atoms with Crippen molar-refractivity contribution >= 4 is 28.9 Å². The molecule has 1 aromatic carbocycles. The van der Waals surface area contributed by atoms with Crippen LogP contribution in [0.25, 0.3) is 0 Å². The van der Waals surface area contributed by atoms with Gasteiger partial charge in [-0.1, -0.05) is 23.7 Å². The molecule has 0 spiro atoms. The molecule has 3 N–H and O–H groups in total. The molecule has 0 aliphatic carbocycles. The Morgan fingerprint density at radius 2 is 2.05 bits per heavy atom. The fraction of sp³-hybridized carbons (Fsp3) is 0.154. The average Bonchev–Trinajstić information content (AvgIpc) is 2.49. The third-order valence-electron chi connectivity index (χ3n) is 2.88. The summed E-state index contributed by atoms with van der Waals surface area (Å²) in [5.41, 5.74) is 3.27. The average molecular weight is 308 g/mol. The summed E-state index contributed by atoms with van der Waals surface area (Å²) < 4.78 is 0. The maximum atomic E-state index is 10.9. The van der Waals surface area contributed by atoms with Crippen LogP contribution in [-0.4, -0.2) is 17.0 Å². The summed E-state index contributed by atoms with van der Waals surface area (Å²) >= 11 is 5.84. The minimum Gasteiger partial charge on any atom is -0.355 e. The standard InChI is InChI=1S/C13H14ClN5O2/c1-18(8-9-2-4-10(14)5-3-9)13-7-11(19(20)21)6-12(16-13)17-15/h2-7H,8,15H2,1H3,(H,16,17). The topological polar surface area (TPSA) is 97.3 Å². The molecule has 7 nitrogen and oxygen atoms in total. The van der Waals surface area contributed by atoms with E-state index in [4.69, 9.17) is 17.4 Å². The third kappa shape index (κ3) is 3.80. The summed E-state index contributed by atoms with van der Waals surface area (Å²) in [7, 11) is 1.79. The number of nitrogens with zero attached hydrogens (tertiary/aromatic N) is 3. The third-order valence-corrected chi connectivity index (χ3v) is 3.13. The van der Waals surface area contributed by atoms with Crippen molar-refractivity contribution in [3.8, 4) is 0 Å². The molecule has 0 amide bonds. The van der Waals surface area contributed by atoms with Crippen LogP contribution in [0.4, 0.5) is 17.3 Å². The molecule has 0 aliphatic heterocycles. The number of benzene rings is 1. The summed E-state index contributed by atoms with van der Waals surface area (Å²) in [5, 5.41) is 11.6. The predicted molar refractivity (Wildman–Crippen MR) is 82.3 cm³/mol. The summed E-state index contributed by atoms with van der Waals surface area (Å²) in [5.74, 6) is 5.98. The number of pyridine rings is 1. The van der Waals surface area contributed by atoms with Crippen molar-refractivity contribution in [3.05, 3.63) is 57.1 Å². The van der Waals surface area contributed by atoms with Gasteiger partial charge in [0.1, 0.15) is 11.6 Å². The number of nitrogen functional groups attached to an aromatic ring is 1. The molecule has 0 saturated heterocycles. The molecule has 1 heterocycles. The number of hydrogen-bond donors (Lipinski definition) is 2. The molecule has 0 unspecified atom stereocenters. The summed E-state index contributed by atoms with van der Waals surface area (Å²) in [6.07, 6.45) is 0. The highest BCUT2D eigenvalue weighted by molar-refractivity contribution is 6.30. The minimum absolute atomic E-state index is 0.0732. The lowest BCUT2D eigenvalue weighted by Crippen LogP contribution is -2.19. The number of rotatable bonds is 5. The van der Waals surface area contributed by atoms with Crippen LogP contribution >= 0.6 is 11.6 Å². The maximum Gasteiger partial charge on any atom is 0.276 e. The molecule has 2 rings (SSSR count). The number of hydrazine groups is 1. The Labute approximate surface area is 126 Å². The van der Waals surface area contributed by atoms with Crippen molar-refractivity contribution in [1.29, 1.82) is 0 Å². The zero-order valence-corrected chi connectivity index (χ0v) is 12.0. The Balaban J connectivity index is 2.25. The lowest BCUT2D eigenvalue weighted by Gasteiger charge is -2.18. The summed E-state index contributed by atoms with van der Waals surface area (Å²) in [6.45, 7) is 0.537. The van der Waals surface area contributed by atoms with Crippen molar-refractivity contribution in [1.82, 2.24) is 4.98 Å². The summed E-state index contributed by atoms with van der Waals surface area (Å²) in [6, 6.07) is 10.0. The van der Waals surface area contributed by atoms with Crippen LogP contribution in [0.2, 0.25) is 5.02 Å². The second-order valence-corrected chi connectivity index (χ2v) is 4.89. The van der Waals surface area contributed by atoms with Gasteiger partial charge in [-0.2, -0.15) is 0 Å². The fourth-order valence-corrected chi connectivity index (χ4v) is 1.95. The summed E-state index contributed by atoms with van der Waals surface area (Å²) in [4.78, 5) is 16.4. The first-order valence-electron chi connectivity index (χ1n) is 6.08. The quantitative estimate of drug-likeness (QED) is 0.500. The van der Waals surface area contributed by atoms with Crippen LogP contribution in [0, 0.1) is 10.1 Å². The lowest BCUT2D eigenvalue weighted by atomic mass is 10.2. The molecular formula is C13H14ClN5O2. The van der Waals surface area contributed by atoms with Gasteiger partial charge >= 0.3 is 0 Å². The van der Waals surface area contributed by atoms with Gasteiger partial charge in [0.2, 0.25) is 0 Å². The van der Waals surface area contributed by atoms with Crippen LogP contribution in [0.5, 0.6) is 0 Å². The molecular weight excluding hydrogens is 294 g/mol. The van der Waals surface area contributed by atoms with Crippen LogP contribution in [-0.2, 0) is 6.54 Å². The Morgan fingerprint density at radius 3 is 2.62 bits per heavy atom. The molecule has 21 heavy (non-hydrogen) atoms. The molecule has 0 fully saturated rings. The number of nitro groups is 1. The second kappa shape index (κ2) is 6.38. The van der Waals surface area contributed by atoms with E-state index in [1.54, 1.807) is 24.1 Å². The van der Waals surface area contributed by atoms with E-state index < -0.39 is 4.92 Å². The van der Waals surface area contributed by atoms with E-state index in [-0.39, 0.29) is 11.5 Å². The van der Waals surface area contributed by atoms with Crippen LogP contribution in [0.15, 0.2) is 36.4 Å². The Morgan fingerprint density at radius 1 is 1.38 bits per heavy atom. The van der Waals surface area contributed by atoms with E-state index in [0.29, 0.717) is 17.4 Å². The van der Waals surface area contributed by atoms with E-state index in [1.807, 2.05) is 12.1 Å². The SMILES string of the molecule is CN(Cc1ccc(Cl)cc1)c1cc([N+](=O)[O-])cc(NN)n1. The van der Waals surface area contributed by atoms with Gasteiger partial charge in [-0.3, -0.25) is 10.1 Å². The van der Waals surface area contributed by atoms with E-state index in [1.165, 1.54) is 12.1 Å². The number of nitrogens with two attached hydrogens (primary N) is 1. The zero-order valence-electron chi connectivity index (χ0n) is 11.3. The number of nitrogens with one attached hydrogen (secondary N) is 1. The van der Waals surface area contributed by atoms with Gasteiger partial charge in [0.25, 0.3) is 5.69 Å². The maximum absolute atomic E-state index is 10.9. The van der Waals surface area contributed by atoms with Crippen molar-refractivity contribution in [2.24, 2.45) is 5.84 Å². The number of halogens is 1. The van der Waals surface area contributed by atoms with Crippen molar-refractivity contribution in [2.45, 2.75) is 6.54 Å². The van der Waals surface area contributed by atoms with Crippen molar-refractivity contribution < 1.29 is 4.92 Å². The molecule has 0 atom stereocenters. The van der Waals surface area contributed by atoms with Gasteiger partial charge in [-0.25, -0.2) is 10.8 Å². The highest BCUT2D eigenvalue weighted by Crippen LogP contribution is 2.23. The largest absolute Gasteiger partial charge is 0.355 e. The van der Waals surface area contributed by atoms with Gasteiger partial charge in [-0.05, 0) is 17.7 Å². The minimum atomic E-state index is -0.484. The zero-order chi connectivity index (χ0) is 15.4. The van der Waals surface area contributed by atoms with Crippen LogP contribution < -0.4 is 16.2 Å². The Kier molecular flexibility index (Phi) is 4.56. The van der Waals surface area contributed by atoms with Gasteiger partial charge in [0, 0.05) is 18.6 Å². The first-order valence-corrected chi connectivity index (χ1v) is 6.46. The molecule has 0 radical (unpaired) electrons. The molecule has 0 bridgehead atoms. The van der Waals surface area contributed by atoms with Crippen LogP contribution in [0.1, 0.15) is 5.56 Å². The van der Waals surface area contributed by atoms with Crippen molar-refractivity contribution in [3.63, 3.8) is 0 Å². The van der Waals surface area contributed by atoms with Crippen molar-refractivity contribution in [2.75, 3.05) is 17.4 Å². The van der Waals surface area contributed by atoms with Gasteiger partial charge in [0.05, 0.1) is 17.1 Å². The molecule has 1 aromatic heterocycles. The fourth-order valence-electron chi connectivity index (χ4n) is 1.82. The Hall–Kier alpha value is -2.38. The molecule has 0 saturated carbocycles. The van der Waals surface area contributed by atoms with E-state index in [2.05, 4.69) is 10.4 Å². The Bertz CT molecular complexity index is 648. The first-order chi connectivity index (χ1) is 9.99. The van der Waals surface area contributed by atoms with Gasteiger partial charge < -0.3 is 10.3 Å². The van der Waals surface area contributed by atoms with Gasteiger partial charge in [0.15, 0.2) is 0 Å². The number of hydrogen-bond acceptors (Lipinski definition) is 6. The highest BCUT2D eigenvalue weighted by Gasteiger charge is 2.13. The normalized spacial score (nSPS) is 10.2. The van der Waals surface area contributed by atoms with Crippen LogP contribution in [0.3, 0.4) is 0 Å². The van der Waals surface area contributed by atoms with Gasteiger partial charge in [-0.15, -0.1) is 0 Å². The van der Waals surface area contributed by atoms with E-state index >= 15 is 0 Å². The number of aromatic nitrogens is 1. The predicted octanol–water partition coefficient (Wildman–Crippen LogP) is 2.57. The smallest absolute Gasteiger partial charge is 0.276 e. The lowest BCUT2D eigenvalue weighted by molar-refractivity contribution is -0.384. The monoisotopic (exact) mass is 307 g/mol. The molecule has 110 valence electrons. The first kappa shape index (κ1) is 15.0. The molecule has 0 aliphatic rings. The molecule has 2 aromatic rings. The second-order valence-electron chi connectivity index (χ2n) is 4.45. The molecule has 8 heteroatoms. The van der Waals surface area contributed by atoms with E-state index in [9.17, 15) is 10.1 Å². The highest BCUT2D eigenvalue weighted by atomic mass is 35.5.